The van der Waals surface area contributed by atoms with Crippen molar-refractivity contribution in [2.75, 3.05) is 33.4 Å². The van der Waals surface area contributed by atoms with Crippen LogP contribution < -0.4 is 5.32 Å². The van der Waals surface area contributed by atoms with Crippen LogP contribution >= 0.6 is 0 Å². The van der Waals surface area contributed by atoms with E-state index in [4.69, 9.17) is 4.74 Å². The summed E-state index contributed by atoms with van der Waals surface area (Å²) in [5.41, 5.74) is 0. The van der Waals surface area contributed by atoms with Crippen LogP contribution in [0.3, 0.4) is 0 Å². The van der Waals surface area contributed by atoms with Crippen LogP contribution in [0.15, 0.2) is 0 Å². The van der Waals surface area contributed by atoms with Crippen LogP contribution in [-0.4, -0.2) is 50.2 Å². The van der Waals surface area contributed by atoms with Crippen molar-refractivity contribution in [3.63, 3.8) is 0 Å². The van der Waals surface area contributed by atoms with E-state index in [1.54, 1.807) is 7.11 Å². The van der Waals surface area contributed by atoms with E-state index in [2.05, 4.69) is 10.2 Å². The summed E-state index contributed by atoms with van der Waals surface area (Å²) < 4.78 is 5.09. The lowest BCUT2D eigenvalue weighted by Gasteiger charge is -2.32. The number of ether oxygens (including phenoxy) is 1. The molecule has 4 nitrogen and oxygen atoms in total. The molecule has 2 rings (SSSR count). The molecule has 1 heterocycles. The third-order valence-corrected chi connectivity index (χ3v) is 4.27. The standard InChI is InChI=1S/C14H26N2O2/c1-18-11-10-16-8-6-13(7-9-16)15-14(17)12-4-2-3-5-12/h12-13H,2-11H2,1H3,(H,15,17). The molecular weight excluding hydrogens is 228 g/mol. The average Bonchev–Trinajstić information content (AvgIpc) is 2.92. The topological polar surface area (TPSA) is 41.6 Å². The number of amides is 1. The molecule has 1 N–H and O–H groups in total. The number of rotatable bonds is 5. The molecular formula is C14H26N2O2. The first-order valence-corrected chi connectivity index (χ1v) is 7.31. The van der Waals surface area contributed by atoms with Gasteiger partial charge in [0.15, 0.2) is 0 Å². The van der Waals surface area contributed by atoms with Crippen molar-refractivity contribution in [1.82, 2.24) is 10.2 Å². The highest BCUT2D eigenvalue weighted by molar-refractivity contribution is 5.79. The van der Waals surface area contributed by atoms with Gasteiger partial charge in [-0.15, -0.1) is 0 Å². The van der Waals surface area contributed by atoms with E-state index in [0.29, 0.717) is 17.9 Å². The summed E-state index contributed by atoms with van der Waals surface area (Å²) in [6.45, 7) is 3.98. The first-order chi connectivity index (χ1) is 8.79. The molecule has 0 bridgehead atoms. The molecule has 2 aliphatic rings. The molecule has 0 spiro atoms. The number of carbonyl (C=O) groups excluding carboxylic acids is 1. The van der Waals surface area contributed by atoms with Gasteiger partial charge in [0, 0.05) is 38.7 Å². The number of nitrogens with zero attached hydrogens (tertiary/aromatic N) is 1. The third-order valence-electron chi connectivity index (χ3n) is 4.27. The Morgan fingerprint density at radius 2 is 1.89 bits per heavy atom. The van der Waals surface area contributed by atoms with Crippen LogP contribution in [-0.2, 0) is 9.53 Å². The lowest BCUT2D eigenvalue weighted by molar-refractivity contribution is -0.125. The number of carbonyl (C=O) groups is 1. The minimum atomic E-state index is 0.302. The maximum absolute atomic E-state index is 12.0. The van der Waals surface area contributed by atoms with Crippen LogP contribution in [0.2, 0.25) is 0 Å². The second kappa shape index (κ2) is 7.10. The van der Waals surface area contributed by atoms with Gasteiger partial charge < -0.3 is 15.0 Å². The van der Waals surface area contributed by atoms with Gasteiger partial charge >= 0.3 is 0 Å². The predicted octanol–water partition coefficient (Wildman–Crippen LogP) is 1.40. The van der Waals surface area contributed by atoms with E-state index in [1.807, 2.05) is 0 Å². The Hall–Kier alpha value is -0.610. The molecule has 1 amide bonds. The highest BCUT2D eigenvalue weighted by Gasteiger charge is 2.26. The predicted molar refractivity (Wildman–Crippen MR) is 71.4 cm³/mol. The summed E-state index contributed by atoms with van der Waals surface area (Å²) in [6, 6.07) is 0.400. The molecule has 0 unspecified atom stereocenters. The summed E-state index contributed by atoms with van der Waals surface area (Å²) in [7, 11) is 1.74. The number of likely N-dealkylation sites (tertiary alicyclic amines) is 1. The van der Waals surface area contributed by atoms with Gasteiger partial charge in [-0.25, -0.2) is 0 Å². The van der Waals surface area contributed by atoms with Gasteiger partial charge in [-0.3, -0.25) is 4.79 Å². The van der Waals surface area contributed by atoms with Crippen molar-refractivity contribution >= 4 is 5.91 Å². The normalized spacial score (nSPS) is 23.4. The van der Waals surface area contributed by atoms with E-state index in [-0.39, 0.29) is 0 Å². The number of nitrogens with one attached hydrogen (secondary N) is 1. The minimum Gasteiger partial charge on any atom is -0.383 e. The summed E-state index contributed by atoms with van der Waals surface area (Å²) in [4.78, 5) is 14.4. The highest BCUT2D eigenvalue weighted by atomic mass is 16.5. The zero-order valence-electron chi connectivity index (χ0n) is 11.5. The lowest BCUT2D eigenvalue weighted by Crippen LogP contribution is -2.46. The van der Waals surface area contributed by atoms with Crippen molar-refractivity contribution < 1.29 is 9.53 Å². The Bertz CT molecular complexity index is 257. The second-order valence-electron chi connectivity index (χ2n) is 5.60. The molecule has 0 atom stereocenters. The maximum Gasteiger partial charge on any atom is 0.223 e. The number of hydrogen-bond acceptors (Lipinski definition) is 3. The van der Waals surface area contributed by atoms with Gasteiger partial charge in [0.1, 0.15) is 0 Å². The first kappa shape index (κ1) is 13.8. The molecule has 104 valence electrons. The molecule has 0 radical (unpaired) electrons. The first-order valence-electron chi connectivity index (χ1n) is 7.31. The molecule has 2 fully saturated rings. The van der Waals surface area contributed by atoms with E-state index >= 15 is 0 Å². The number of piperidine rings is 1. The van der Waals surface area contributed by atoms with Gasteiger partial charge in [-0.2, -0.15) is 0 Å². The van der Waals surface area contributed by atoms with E-state index in [0.717, 1.165) is 51.9 Å². The third kappa shape index (κ3) is 3.95. The highest BCUT2D eigenvalue weighted by Crippen LogP contribution is 2.25. The van der Waals surface area contributed by atoms with Crippen molar-refractivity contribution in [3.05, 3.63) is 0 Å². The zero-order chi connectivity index (χ0) is 12.8. The molecule has 0 aromatic heterocycles. The van der Waals surface area contributed by atoms with Crippen molar-refractivity contribution in [2.24, 2.45) is 5.92 Å². The van der Waals surface area contributed by atoms with Crippen molar-refractivity contribution in [2.45, 2.75) is 44.6 Å². The van der Waals surface area contributed by atoms with Gasteiger partial charge in [0.2, 0.25) is 5.91 Å². The number of hydrogen-bond donors (Lipinski definition) is 1. The van der Waals surface area contributed by atoms with Crippen molar-refractivity contribution in [1.29, 1.82) is 0 Å². The fourth-order valence-corrected chi connectivity index (χ4v) is 3.03. The molecule has 1 aliphatic heterocycles. The molecule has 18 heavy (non-hydrogen) atoms. The van der Waals surface area contributed by atoms with Crippen LogP contribution in [0.5, 0.6) is 0 Å². The van der Waals surface area contributed by atoms with Crippen molar-refractivity contribution in [3.8, 4) is 0 Å². The van der Waals surface area contributed by atoms with Gasteiger partial charge in [-0.05, 0) is 25.7 Å². The summed E-state index contributed by atoms with van der Waals surface area (Å²) >= 11 is 0. The molecule has 1 aliphatic carbocycles. The molecule has 0 aromatic carbocycles. The van der Waals surface area contributed by atoms with Crippen LogP contribution in [0.1, 0.15) is 38.5 Å². The number of methoxy groups -OCH3 is 1. The lowest BCUT2D eigenvalue weighted by atomic mass is 10.0. The SMILES string of the molecule is COCCN1CCC(NC(=O)C2CCCC2)CC1. The Kier molecular flexibility index (Phi) is 5.45. The van der Waals surface area contributed by atoms with Gasteiger partial charge in [-0.1, -0.05) is 12.8 Å². The summed E-state index contributed by atoms with van der Waals surface area (Å²) in [5.74, 6) is 0.611. The second-order valence-corrected chi connectivity index (χ2v) is 5.60. The summed E-state index contributed by atoms with van der Waals surface area (Å²) in [6.07, 6.45) is 6.82. The maximum atomic E-state index is 12.0. The quantitative estimate of drug-likeness (QED) is 0.806. The fourth-order valence-electron chi connectivity index (χ4n) is 3.03. The van der Waals surface area contributed by atoms with Gasteiger partial charge in [0.05, 0.1) is 6.61 Å². The Morgan fingerprint density at radius 1 is 1.22 bits per heavy atom. The Morgan fingerprint density at radius 3 is 2.50 bits per heavy atom. The van der Waals surface area contributed by atoms with E-state index in [1.165, 1.54) is 12.8 Å². The van der Waals surface area contributed by atoms with Crippen LogP contribution in [0.25, 0.3) is 0 Å². The minimum absolute atomic E-state index is 0.302. The van der Waals surface area contributed by atoms with E-state index < -0.39 is 0 Å². The van der Waals surface area contributed by atoms with Crippen LogP contribution in [0, 0.1) is 5.92 Å². The average molecular weight is 254 g/mol. The van der Waals surface area contributed by atoms with E-state index in [9.17, 15) is 4.79 Å². The zero-order valence-corrected chi connectivity index (χ0v) is 11.5. The monoisotopic (exact) mass is 254 g/mol. The molecule has 4 heteroatoms. The summed E-state index contributed by atoms with van der Waals surface area (Å²) in [5, 5.41) is 3.24. The Labute approximate surface area is 110 Å². The smallest absolute Gasteiger partial charge is 0.223 e. The van der Waals surface area contributed by atoms with Gasteiger partial charge in [0.25, 0.3) is 0 Å². The van der Waals surface area contributed by atoms with Crippen LogP contribution in [0.4, 0.5) is 0 Å². The Balaban J connectivity index is 1.65. The largest absolute Gasteiger partial charge is 0.383 e. The molecule has 0 aromatic rings. The molecule has 1 saturated heterocycles. The fraction of sp³-hybridized carbons (Fsp3) is 0.929. The molecule has 1 saturated carbocycles.